The van der Waals surface area contributed by atoms with E-state index in [4.69, 9.17) is 4.74 Å². The van der Waals surface area contributed by atoms with Crippen LogP contribution >= 0.6 is 0 Å². The van der Waals surface area contributed by atoms with Crippen LogP contribution in [-0.2, 0) is 6.54 Å². The molecule has 0 saturated heterocycles. The monoisotopic (exact) mass is 393 g/mol. The minimum absolute atomic E-state index is 0.288. The number of rotatable bonds is 8. The number of aryl methyl sites for hydroxylation is 1. The standard InChI is InChI=1S/C23H27N3O3/c1-15-5-4-6-18(24-15)14-26-21(23(27)28)12-17-11-19(29-10-9-25(2)3)13-20(22(17)26)16-7-8-16/h4-6,11-13,16H,7-10,14H2,1-3H3,(H,27,28). The number of nitrogens with zero attached hydrogens (tertiary/aromatic N) is 3. The fourth-order valence-electron chi connectivity index (χ4n) is 3.74. The average molecular weight is 393 g/mol. The molecule has 2 aromatic heterocycles. The van der Waals surface area contributed by atoms with Crippen molar-refractivity contribution in [2.45, 2.75) is 32.2 Å². The lowest BCUT2D eigenvalue weighted by Gasteiger charge is -2.15. The van der Waals surface area contributed by atoms with Crippen LogP contribution in [-0.4, -0.2) is 52.8 Å². The lowest BCUT2D eigenvalue weighted by Crippen LogP contribution is -2.19. The van der Waals surface area contributed by atoms with Crippen LogP contribution < -0.4 is 4.74 Å². The Labute approximate surface area is 170 Å². The van der Waals surface area contributed by atoms with E-state index < -0.39 is 5.97 Å². The van der Waals surface area contributed by atoms with Gasteiger partial charge in [-0.3, -0.25) is 4.98 Å². The zero-order valence-corrected chi connectivity index (χ0v) is 17.2. The molecule has 0 unspecified atom stereocenters. The fourth-order valence-corrected chi connectivity index (χ4v) is 3.74. The van der Waals surface area contributed by atoms with E-state index in [0.717, 1.165) is 47.4 Å². The Morgan fingerprint density at radius 2 is 2.07 bits per heavy atom. The summed E-state index contributed by atoms with van der Waals surface area (Å²) in [6.07, 6.45) is 2.26. The zero-order valence-electron chi connectivity index (χ0n) is 17.2. The molecule has 1 aliphatic rings. The number of benzene rings is 1. The van der Waals surface area contributed by atoms with E-state index in [1.165, 1.54) is 5.56 Å². The highest BCUT2D eigenvalue weighted by Crippen LogP contribution is 2.45. The van der Waals surface area contributed by atoms with Crippen LogP contribution in [0.25, 0.3) is 10.9 Å². The van der Waals surface area contributed by atoms with Gasteiger partial charge >= 0.3 is 5.97 Å². The Hall–Kier alpha value is -2.86. The first-order valence-corrected chi connectivity index (χ1v) is 10.0. The molecule has 0 aliphatic heterocycles. The predicted molar refractivity (Wildman–Crippen MR) is 113 cm³/mol. The molecule has 0 amide bonds. The molecule has 1 aromatic carbocycles. The normalized spacial score (nSPS) is 13.9. The molecule has 6 heteroatoms. The molecular weight excluding hydrogens is 366 g/mol. The van der Waals surface area contributed by atoms with E-state index in [2.05, 4.69) is 16.0 Å². The minimum Gasteiger partial charge on any atom is -0.492 e. The average Bonchev–Trinajstić information content (AvgIpc) is 3.43. The van der Waals surface area contributed by atoms with Gasteiger partial charge in [0.1, 0.15) is 18.1 Å². The van der Waals surface area contributed by atoms with Crippen molar-refractivity contribution in [2.24, 2.45) is 0 Å². The van der Waals surface area contributed by atoms with Gasteiger partial charge in [0.2, 0.25) is 0 Å². The van der Waals surface area contributed by atoms with E-state index in [1.54, 1.807) is 6.07 Å². The fraction of sp³-hybridized carbons (Fsp3) is 0.391. The Morgan fingerprint density at radius 3 is 2.72 bits per heavy atom. The highest BCUT2D eigenvalue weighted by molar-refractivity contribution is 5.96. The van der Waals surface area contributed by atoms with E-state index in [0.29, 0.717) is 19.1 Å². The maximum atomic E-state index is 12.0. The summed E-state index contributed by atoms with van der Waals surface area (Å²) in [6, 6.07) is 11.7. The molecule has 1 aliphatic carbocycles. The summed E-state index contributed by atoms with van der Waals surface area (Å²) in [7, 11) is 4.03. The molecule has 0 bridgehead atoms. The lowest BCUT2D eigenvalue weighted by molar-refractivity contribution is 0.0686. The van der Waals surface area contributed by atoms with Crippen LogP contribution in [0.4, 0.5) is 0 Å². The van der Waals surface area contributed by atoms with E-state index >= 15 is 0 Å². The van der Waals surface area contributed by atoms with Gasteiger partial charge in [-0.2, -0.15) is 0 Å². The summed E-state index contributed by atoms with van der Waals surface area (Å²) in [4.78, 5) is 18.7. The molecule has 1 saturated carbocycles. The number of pyridine rings is 1. The van der Waals surface area contributed by atoms with Gasteiger partial charge in [-0.05, 0) is 75.7 Å². The third kappa shape index (κ3) is 4.27. The summed E-state index contributed by atoms with van der Waals surface area (Å²) in [5, 5.41) is 10.8. The summed E-state index contributed by atoms with van der Waals surface area (Å²) < 4.78 is 7.88. The zero-order chi connectivity index (χ0) is 20.5. The quantitative estimate of drug-likeness (QED) is 0.628. The number of hydrogen-bond donors (Lipinski definition) is 1. The topological polar surface area (TPSA) is 67.6 Å². The maximum absolute atomic E-state index is 12.0. The molecule has 1 N–H and O–H groups in total. The van der Waals surface area contributed by atoms with Crippen LogP contribution in [0.1, 0.15) is 46.2 Å². The van der Waals surface area contributed by atoms with Gasteiger partial charge in [-0.15, -0.1) is 0 Å². The van der Waals surface area contributed by atoms with Crippen molar-refractivity contribution >= 4 is 16.9 Å². The molecule has 29 heavy (non-hydrogen) atoms. The number of ether oxygens (including phenoxy) is 1. The third-order valence-corrected chi connectivity index (χ3v) is 5.30. The number of carbonyl (C=O) groups is 1. The van der Waals surface area contributed by atoms with Gasteiger partial charge in [-0.1, -0.05) is 6.07 Å². The lowest BCUT2D eigenvalue weighted by atomic mass is 10.1. The number of fused-ring (bicyclic) bond motifs is 1. The Morgan fingerprint density at radius 1 is 1.28 bits per heavy atom. The second-order valence-electron chi connectivity index (χ2n) is 8.07. The van der Waals surface area contributed by atoms with Crippen molar-refractivity contribution in [3.63, 3.8) is 0 Å². The van der Waals surface area contributed by atoms with Gasteiger partial charge in [-0.25, -0.2) is 4.79 Å². The first kappa shape index (κ1) is 19.5. The maximum Gasteiger partial charge on any atom is 0.352 e. The van der Waals surface area contributed by atoms with Crippen molar-refractivity contribution in [3.8, 4) is 5.75 Å². The number of carboxylic acids is 1. The number of carboxylic acid groups (broad SMARTS) is 1. The van der Waals surface area contributed by atoms with Gasteiger partial charge < -0.3 is 19.3 Å². The summed E-state index contributed by atoms with van der Waals surface area (Å²) in [5.74, 6) is 0.352. The van der Waals surface area contributed by atoms with Crippen molar-refractivity contribution in [1.82, 2.24) is 14.5 Å². The minimum atomic E-state index is -0.925. The van der Waals surface area contributed by atoms with Crippen molar-refractivity contribution in [2.75, 3.05) is 27.2 Å². The largest absolute Gasteiger partial charge is 0.492 e. The van der Waals surface area contributed by atoms with Gasteiger partial charge in [0.05, 0.1) is 17.8 Å². The van der Waals surface area contributed by atoms with Crippen molar-refractivity contribution in [3.05, 3.63) is 59.0 Å². The molecule has 0 spiro atoms. The van der Waals surface area contributed by atoms with Crippen LogP contribution in [0.3, 0.4) is 0 Å². The highest BCUT2D eigenvalue weighted by Gasteiger charge is 2.29. The molecular formula is C23H27N3O3. The number of aromatic nitrogens is 2. The Kier molecular flexibility index (Phi) is 5.28. The molecule has 2 heterocycles. The smallest absolute Gasteiger partial charge is 0.352 e. The van der Waals surface area contributed by atoms with Crippen LogP contribution in [0.15, 0.2) is 36.4 Å². The Balaban J connectivity index is 1.79. The van der Waals surface area contributed by atoms with E-state index in [9.17, 15) is 9.90 Å². The summed E-state index contributed by atoms with van der Waals surface area (Å²) >= 11 is 0. The van der Waals surface area contributed by atoms with Gasteiger partial charge in [0.25, 0.3) is 0 Å². The van der Waals surface area contributed by atoms with Crippen molar-refractivity contribution in [1.29, 1.82) is 0 Å². The third-order valence-electron chi connectivity index (χ3n) is 5.30. The van der Waals surface area contributed by atoms with Gasteiger partial charge in [0, 0.05) is 17.6 Å². The van der Waals surface area contributed by atoms with Crippen LogP contribution in [0.2, 0.25) is 0 Å². The first-order chi connectivity index (χ1) is 13.9. The summed E-state index contributed by atoms with van der Waals surface area (Å²) in [5.41, 5.74) is 4.25. The second kappa shape index (κ2) is 7.87. The molecule has 3 aromatic rings. The van der Waals surface area contributed by atoms with E-state index in [1.807, 2.05) is 49.9 Å². The molecule has 6 nitrogen and oxygen atoms in total. The van der Waals surface area contributed by atoms with Crippen LogP contribution in [0.5, 0.6) is 5.75 Å². The SMILES string of the molecule is Cc1cccc(Cn2c(C(=O)O)cc3cc(OCCN(C)C)cc(C4CC4)c32)n1. The number of hydrogen-bond acceptors (Lipinski definition) is 4. The molecule has 1 fully saturated rings. The number of likely N-dealkylation sites (N-methyl/N-ethyl adjacent to an activating group) is 1. The molecule has 0 atom stereocenters. The number of aromatic carboxylic acids is 1. The summed E-state index contributed by atoms with van der Waals surface area (Å²) in [6.45, 7) is 3.81. The van der Waals surface area contributed by atoms with E-state index in [-0.39, 0.29) is 5.69 Å². The Bertz CT molecular complexity index is 1050. The molecule has 152 valence electrons. The highest BCUT2D eigenvalue weighted by atomic mass is 16.5. The second-order valence-corrected chi connectivity index (χ2v) is 8.07. The van der Waals surface area contributed by atoms with Crippen LogP contribution in [0, 0.1) is 6.92 Å². The molecule has 0 radical (unpaired) electrons. The predicted octanol–water partition coefficient (Wildman–Crippen LogP) is 3.91. The molecule has 4 rings (SSSR count). The van der Waals surface area contributed by atoms with Gasteiger partial charge in [0.15, 0.2) is 0 Å². The first-order valence-electron chi connectivity index (χ1n) is 10.0. The van der Waals surface area contributed by atoms with Crippen molar-refractivity contribution < 1.29 is 14.6 Å².